The second-order valence-corrected chi connectivity index (χ2v) is 6.66. The van der Waals surface area contributed by atoms with Gasteiger partial charge in [0.15, 0.2) is 5.82 Å². The Balaban J connectivity index is 1.44. The number of nitrogens with zero attached hydrogens (tertiary/aromatic N) is 4. The van der Waals surface area contributed by atoms with Gasteiger partial charge in [0.2, 0.25) is 0 Å². The van der Waals surface area contributed by atoms with Crippen LogP contribution in [0.5, 0.6) is 0 Å². The Hall–Kier alpha value is -2.97. The molecule has 0 bridgehead atoms. The molecule has 3 rings (SSSR count). The number of hydrogen-bond donors (Lipinski definition) is 3. The van der Waals surface area contributed by atoms with E-state index in [4.69, 9.17) is 11.6 Å². The highest BCUT2D eigenvalue weighted by Crippen LogP contribution is 2.06. The van der Waals surface area contributed by atoms with Crippen LogP contribution in [0.25, 0.3) is 0 Å². The summed E-state index contributed by atoms with van der Waals surface area (Å²) in [5.41, 5.74) is 0.727. The van der Waals surface area contributed by atoms with Crippen LogP contribution in [-0.4, -0.2) is 45.7 Å². The maximum absolute atomic E-state index is 12.6. The van der Waals surface area contributed by atoms with Gasteiger partial charge in [-0.25, -0.2) is 9.97 Å². The lowest BCUT2D eigenvalue weighted by Gasteiger charge is -2.12. The fraction of sp³-hybridized carbons (Fsp3) is 0.300. The van der Waals surface area contributed by atoms with Gasteiger partial charge in [-0.3, -0.25) is 14.3 Å². The minimum absolute atomic E-state index is 0.230. The van der Waals surface area contributed by atoms with E-state index in [0.29, 0.717) is 37.0 Å². The van der Waals surface area contributed by atoms with Crippen molar-refractivity contribution in [3.8, 4) is 0 Å². The smallest absolute Gasteiger partial charge is 0.294 e. The van der Waals surface area contributed by atoms with Crippen LogP contribution < -0.4 is 21.5 Å². The lowest BCUT2D eigenvalue weighted by atomic mass is 10.3. The van der Waals surface area contributed by atoms with Crippen LogP contribution in [0.1, 0.15) is 5.69 Å². The molecular weight excluding hydrogens is 390 g/mol. The molecule has 0 atom stereocenters. The average Bonchev–Trinajstić information content (AvgIpc) is 2.75. The quantitative estimate of drug-likeness (QED) is 0.414. The first-order valence-corrected chi connectivity index (χ1v) is 9.86. The van der Waals surface area contributed by atoms with E-state index in [1.54, 1.807) is 12.4 Å². The van der Waals surface area contributed by atoms with Gasteiger partial charge in [-0.15, -0.1) is 0 Å². The number of nitrogens with one attached hydrogen (secondary N) is 3. The average molecular weight is 414 g/mol. The van der Waals surface area contributed by atoms with Crippen LogP contribution in [0.15, 0.2) is 59.8 Å². The molecule has 0 aliphatic heterocycles. The van der Waals surface area contributed by atoms with Gasteiger partial charge in [-0.05, 0) is 24.3 Å². The van der Waals surface area contributed by atoms with E-state index in [2.05, 4.69) is 30.9 Å². The molecule has 0 radical (unpaired) electrons. The Kier molecular flexibility index (Phi) is 7.97. The summed E-state index contributed by atoms with van der Waals surface area (Å²) in [5, 5.41) is 9.90. The molecule has 0 aliphatic carbocycles. The van der Waals surface area contributed by atoms with Gasteiger partial charge in [-0.2, -0.15) is 0 Å². The Morgan fingerprint density at radius 2 is 1.72 bits per heavy atom. The monoisotopic (exact) mass is 413 g/mol. The number of anilines is 2. The van der Waals surface area contributed by atoms with Gasteiger partial charge in [0.1, 0.15) is 11.0 Å². The van der Waals surface area contributed by atoms with Crippen molar-refractivity contribution in [3.63, 3.8) is 0 Å². The summed E-state index contributed by atoms with van der Waals surface area (Å²) in [4.78, 5) is 25.2. The fourth-order valence-corrected chi connectivity index (χ4v) is 2.92. The molecule has 0 spiro atoms. The lowest BCUT2D eigenvalue weighted by Crippen LogP contribution is -2.32. The van der Waals surface area contributed by atoms with Gasteiger partial charge < -0.3 is 16.0 Å². The Morgan fingerprint density at radius 1 is 0.897 bits per heavy atom. The summed E-state index contributed by atoms with van der Waals surface area (Å²) in [7, 11) is 0. The zero-order valence-electron chi connectivity index (χ0n) is 16.0. The van der Waals surface area contributed by atoms with Crippen molar-refractivity contribution in [1.29, 1.82) is 0 Å². The maximum atomic E-state index is 12.6. The first-order chi connectivity index (χ1) is 14.2. The van der Waals surface area contributed by atoms with Crippen LogP contribution in [0.2, 0.25) is 5.15 Å². The van der Waals surface area contributed by atoms with Gasteiger partial charge in [0.25, 0.3) is 5.56 Å². The van der Waals surface area contributed by atoms with Crippen molar-refractivity contribution < 1.29 is 0 Å². The maximum Gasteiger partial charge on any atom is 0.294 e. The third-order valence-corrected chi connectivity index (χ3v) is 4.49. The van der Waals surface area contributed by atoms with Gasteiger partial charge in [0, 0.05) is 57.2 Å². The van der Waals surface area contributed by atoms with Crippen molar-refractivity contribution >= 4 is 23.2 Å². The van der Waals surface area contributed by atoms with E-state index in [-0.39, 0.29) is 5.56 Å². The van der Waals surface area contributed by atoms with Crippen LogP contribution in [0.4, 0.5) is 11.6 Å². The molecule has 0 aromatic carbocycles. The molecule has 0 saturated heterocycles. The van der Waals surface area contributed by atoms with E-state index in [1.807, 2.05) is 36.4 Å². The minimum Gasteiger partial charge on any atom is -0.369 e. The predicted molar refractivity (Wildman–Crippen MR) is 116 cm³/mol. The molecule has 3 heterocycles. The fourth-order valence-electron chi connectivity index (χ4n) is 2.71. The summed E-state index contributed by atoms with van der Waals surface area (Å²) in [6, 6.07) is 11.5. The van der Waals surface area contributed by atoms with Gasteiger partial charge >= 0.3 is 0 Å². The summed E-state index contributed by atoms with van der Waals surface area (Å²) in [6.45, 7) is 3.11. The zero-order valence-corrected chi connectivity index (χ0v) is 16.8. The molecule has 0 aliphatic rings. The second kappa shape index (κ2) is 11.1. The molecule has 9 heteroatoms. The van der Waals surface area contributed by atoms with Gasteiger partial charge in [-0.1, -0.05) is 23.7 Å². The highest BCUT2D eigenvalue weighted by Gasteiger charge is 2.08. The number of aromatic nitrogens is 4. The summed E-state index contributed by atoms with van der Waals surface area (Å²) >= 11 is 6.17. The van der Waals surface area contributed by atoms with E-state index >= 15 is 0 Å². The van der Waals surface area contributed by atoms with E-state index in [9.17, 15) is 4.79 Å². The Bertz CT molecular complexity index is 935. The molecular formula is C20H24ClN7O. The van der Waals surface area contributed by atoms with Crippen molar-refractivity contribution in [1.82, 2.24) is 24.8 Å². The molecule has 0 unspecified atom stereocenters. The first kappa shape index (κ1) is 20.8. The molecule has 0 fully saturated rings. The highest BCUT2D eigenvalue weighted by atomic mass is 35.5. The Labute approximate surface area is 174 Å². The van der Waals surface area contributed by atoms with E-state index < -0.39 is 0 Å². The molecule has 3 aromatic rings. The van der Waals surface area contributed by atoms with Crippen molar-refractivity contribution in [3.05, 3.63) is 76.2 Å². The number of halogens is 1. The normalized spacial score (nSPS) is 10.7. The van der Waals surface area contributed by atoms with Crippen molar-refractivity contribution in [2.45, 2.75) is 13.0 Å². The van der Waals surface area contributed by atoms with Crippen molar-refractivity contribution in [2.75, 3.05) is 36.8 Å². The topological polar surface area (TPSA) is 96.8 Å². The van der Waals surface area contributed by atoms with Crippen molar-refractivity contribution in [2.24, 2.45) is 0 Å². The van der Waals surface area contributed by atoms with Crippen LogP contribution in [-0.2, 0) is 13.0 Å². The third kappa shape index (κ3) is 6.55. The molecule has 0 saturated carbocycles. The Morgan fingerprint density at radius 3 is 2.48 bits per heavy atom. The molecule has 29 heavy (non-hydrogen) atoms. The molecule has 0 amide bonds. The van der Waals surface area contributed by atoms with E-state index in [0.717, 1.165) is 24.6 Å². The first-order valence-electron chi connectivity index (χ1n) is 9.49. The molecule has 3 N–H and O–H groups in total. The lowest BCUT2D eigenvalue weighted by molar-refractivity contribution is 0.591. The standard InChI is InChI=1S/C20H24ClN7O/c21-17-15-27-19(26-10-7-16-5-1-3-8-23-16)20(29)28(17)14-13-22-11-12-25-18-6-2-4-9-24-18/h1-6,8-9,15,22H,7,10-14H2,(H,24,25)(H,26,27). The number of pyridine rings is 2. The number of rotatable bonds is 11. The predicted octanol–water partition coefficient (Wildman–Crippen LogP) is 2.04. The van der Waals surface area contributed by atoms with Gasteiger partial charge in [0.05, 0.1) is 6.20 Å². The SMILES string of the molecule is O=c1c(NCCc2ccccn2)ncc(Cl)n1CCNCCNc1ccccn1. The minimum atomic E-state index is -0.230. The van der Waals surface area contributed by atoms with Crippen LogP contribution in [0, 0.1) is 0 Å². The largest absolute Gasteiger partial charge is 0.369 e. The second-order valence-electron chi connectivity index (χ2n) is 6.28. The summed E-state index contributed by atoms with van der Waals surface area (Å²) < 4.78 is 1.51. The molecule has 8 nitrogen and oxygen atoms in total. The zero-order chi connectivity index (χ0) is 20.3. The van der Waals surface area contributed by atoms with E-state index in [1.165, 1.54) is 10.8 Å². The highest BCUT2D eigenvalue weighted by molar-refractivity contribution is 6.29. The number of hydrogen-bond acceptors (Lipinski definition) is 7. The molecule has 3 aromatic heterocycles. The summed E-state index contributed by atoms with van der Waals surface area (Å²) in [5.74, 6) is 1.13. The third-order valence-electron chi connectivity index (χ3n) is 4.19. The van der Waals surface area contributed by atoms with Crippen LogP contribution in [0.3, 0.4) is 0 Å². The molecule has 152 valence electrons. The summed E-state index contributed by atoms with van der Waals surface area (Å²) in [6.07, 6.45) is 5.70. The van der Waals surface area contributed by atoms with Crippen LogP contribution >= 0.6 is 11.6 Å².